The van der Waals surface area contributed by atoms with Crippen LogP contribution in [0.25, 0.3) is 10.7 Å². The number of aromatic nitrogens is 2. The van der Waals surface area contributed by atoms with E-state index in [4.69, 9.17) is 9.26 Å². The molecule has 0 aromatic carbocycles. The summed E-state index contributed by atoms with van der Waals surface area (Å²) < 4.78 is 11.8. The topological polar surface area (TPSA) is 60.2 Å². The number of nitrogens with one attached hydrogen (secondary N) is 1. The zero-order valence-corrected chi connectivity index (χ0v) is 12.9. The van der Waals surface area contributed by atoms with Crippen LogP contribution in [-0.2, 0) is 10.2 Å². The number of nitrogens with zero attached hydrogens (tertiary/aromatic N) is 2. The third-order valence-corrected chi connectivity index (χ3v) is 5.02. The molecule has 0 amide bonds. The van der Waals surface area contributed by atoms with E-state index in [0.717, 1.165) is 28.9 Å². The van der Waals surface area contributed by atoms with Crippen molar-refractivity contribution in [1.29, 1.82) is 0 Å². The third-order valence-electron chi connectivity index (χ3n) is 3.33. The zero-order valence-electron chi connectivity index (χ0n) is 10.5. The summed E-state index contributed by atoms with van der Waals surface area (Å²) in [7, 11) is 1.70. The van der Waals surface area contributed by atoms with E-state index < -0.39 is 0 Å². The van der Waals surface area contributed by atoms with Gasteiger partial charge in [0.2, 0.25) is 11.7 Å². The normalized spacial score (nSPS) is 23.1. The summed E-state index contributed by atoms with van der Waals surface area (Å²) in [6.45, 7) is 2.36. The number of halogens is 1. The highest BCUT2D eigenvalue weighted by atomic mass is 79.9. The fraction of sp³-hybridized carbons (Fsp3) is 0.500. The van der Waals surface area contributed by atoms with Crippen LogP contribution < -0.4 is 5.32 Å². The molecule has 1 aliphatic rings. The lowest BCUT2D eigenvalue weighted by atomic mass is 9.88. The molecule has 0 saturated carbocycles. The molecule has 19 heavy (non-hydrogen) atoms. The van der Waals surface area contributed by atoms with Gasteiger partial charge in [0.1, 0.15) is 0 Å². The second-order valence-corrected chi connectivity index (χ2v) is 6.52. The van der Waals surface area contributed by atoms with E-state index in [1.54, 1.807) is 18.4 Å². The maximum Gasteiger partial charge on any atom is 0.236 e. The first-order chi connectivity index (χ1) is 9.23. The Morgan fingerprint density at radius 2 is 2.53 bits per heavy atom. The molecule has 7 heteroatoms. The highest BCUT2D eigenvalue weighted by Crippen LogP contribution is 2.33. The molecule has 5 nitrogen and oxygen atoms in total. The van der Waals surface area contributed by atoms with E-state index in [1.165, 1.54) is 0 Å². The summed E-state index contributed by atoms with van der Waals surface area (Å²) in [6.07, 6.45) is 0.955. The van der Waals surface area contributed by atoms with Crippen LogP contribution in [0.4, 0.5) is 0 Å². The van der Waals surface area contributed by atoms with Crippen LogP contribution in [0.5, 0.6) is 0 Å². The van der Waals surface area contributed by atoms with Crippen molar-refractivity contribution in [3.05, 3.63) is 21.8 Å². The minimum atomic E-state index is -0.186. The first kappa shape index (κ1) is 13.2. The Morgan fingerprint density at radius 1 is 1.63 bits per heavy atom. The Morgan fingerprint density at radius 3 is 3.16 bits per heavy atom. The number of hydrogen-bond acceptors (Lipinski definition) is 6. The Kier molecular flexibility index (Phi) is 3.70. The summed E-state index contributed by atoms with van der Waals surface area (Å²) in [4.78, 5) is 5.56. The molecule has 1 aliphatic heterocycles. The molecule has 102 valence electrons. The van der Waals surface area contributed by atoms with Crippen molar-refractivity contribution in [2.45, 2.75) is 11.8 Å². The molecular formula is C12H14BrN3O2S. The molecule has 1 N–H and O–H groups in total. The SMILES string of the molecule is COCC1(c2nc(-c3cc(Br)cs3)no2)CCNC1. The van der Waals surface area contributed by atoms with E-state index in [9.17, 15) is 0 Å². The van der Waals surface area contributed by atoms with Gasteiger partial charge >= 0.3 is 0 Å². The molecule has 2 aromatic rings. The number of rotatable bonds is 4. The van der Waals surface area contributed by atoms with Crippen LogP contribution >= 0.6 is 27.3 Å². The summed E-state index contributed by atoms with van der Waals surface area (Å²) in [6, 6.07) is 2.00. The highest BCUT2D eigenvalue weighted by Gasteiger charge is 2.41. The Labute approximate surface area is 123 Å². The van der Waals surface area contributed by atoms with E-state index in [-0.39, 0.29) is 5.41 Å². The van der Waals surface area contributed by atoms with Gasteiger partial charge in [-0.05, 0) is 35.0 Å². The molecule has 3 heterocycles. The second kappa shape index (κ2) is 5.32. The van der Waals surface area contributed by atoms with Gasteiger partial charge in [-0.2, -0.15) is 4.98 Å². The average Bonchev–Trinajstić information content (AvgIpc) is 3.07. The first-order valence-electron chi connectivity index (χ1n) is 6.02. The van der Waals surface area contributed by atoms with Gasteiger partial charge in [0.15, 0.2) is 0 Å². The summed E-state index contributed by atoms with van der Waals surface area (Å²) in [5, 5.41) is 9.44. The van der Waals surface area contributed by atoms with Crippen molar-refractivity contribution in [1.82, 2.24) is 15.5 Å². The fourth-order valence-corrected chi connectivity index (χ4v) is 3.71. The molecule has 2 aromatic heterocycles. The van der Waals surface area contributed by atoms with Crippen molar-refractivity contribution in [2.75, 3.05) is 26.8 Å². The Hall–Kier alpha value is -0.760. The van der Waals surface area contributed by atoms with E-state index in [2.05, 4.69) is 31.4 Å². The molecule has 0 radical (unpaired) electrons. The predicted molar refractivity (Wildman–Crippen MR) is 76.4 cm³/mol. The van der Waals surface area contributed by atoms with Gasteiger partial charge in [-0.3, -0.25) is 0 Å². The van der Waals surface area contributed by atoms with Gasteiger partial charge in [-0.25, -0.2) is 0 Å². The molecular weight excluding hydrogens is 330 g/mol. The average molecular weight is 344 g/mol. The molecule has 0 bridgehead atoms. The maximum absolute atomic E-state index is 5.48. The number of hydrogen-bond donors (Lipinski definition) is 1. The van der Waals surface area contributed by atoms with Crippen molar-refractivity contribution < 1.29 is 9.26 Å². The standard InChI is InChI=1S/C12H14BrN3O2S/c1-17-7-12(2-3-14-6-12)11-15-10(16-18-11)9-4-8(13)5-19-9/h4-5,14H,2-3,6-7H2,1H3. The number of thiophene rings is 1. The third kappa shape index (κ3) is 2.47. The molecule has 1 fully saturated rings. The minimum absolute atomic E-state index is 0.186. The van der Waals surface area contributed by atoms with Crippen LogP contribution in [0.2, 0.25) is 0 Å². The summed E-state index contributed by atoms with van der Waals surface area (Å²) >= 11 is 5.02. The van der Waals surface area contributed by atoms with Gasteiger partial charge in [0.05, 0.1) is 16.9 Å². The number of methoxy groups -OCH3 is 1. The largest absolute Gasteiger partial charge is 0.384 e. The molecule has 0 spiro atoms. The smallest absolute Gasteiger partial charge is 0.236 e. The van der Waals surface area contributed by atoms with Gasteiger partial charge < -0.3 is 14.6 Å². The number of ether oxygens (including phenoxy) is 1. The van der Waals surface area contributed by atoms with Crippen molar-refractivity contribution >= 4 is 27.3 Å². The fourth-order valence-electron chi connectivity index (χ4n) is 2.36. The van der Waals surface area contributed by atoms with Gasteiger partial charge in [0, 0.05) is 23.5 Å². The molecule has 1 unspecified atom stereocenters. The lowest BCUT2D eigenvalue weighted by Gasteiger charge is -2.22. The highest BCUT2D eigenvalue weighted by molar-refractivity contribution is 9.10. The lowest BCUT2D eigenvalue weighted by Crippen LogP contribution is -2.34. The molecule has 3 rings (SSSR count). The van der Waals surface area contributed by atoms with Crippen LogP contribution in [0.1, 0.15) is 12.3 Å². The maximum atomic E-state index is 5.48. The van der Waals surface area contributed by atoms with Gasteiger partial charge in [0.25, 0.3) is 0 Å². The summed E-state index contributed by atoms with van der Waals surface area (Å²) in [5.41, 5.74) is -0.186. The van der Waals surface area contributed by atoms with Crippen molar-refractivity contribution in [3.8, 4) is 10.7 Å². The van der Waals surface area contributed by atoms with Crippen LogP contribution in [-0.4, -0.2) is 36.9 Å². The molecule has 1 atom stereocenters. The minimum Gasteiger partial charge on any atom is -0.384 e. The predicted octanol–water partition coefficient (Wildman–Crippen LogP) is 2.44. The van der Waals surface area contributed by atoms with Gasteiger partial charge in [-0.15, -0.1) is 11.3 Å². The monoisotopic (exact) mass is 343 g/mol. The summed E-state index contributed by atoms with van der Waals surface area (Å²) in [5.74, 6) is 1.31. The van der Waals surface area contributed by atoms with Crippen LogP contribution in [0.3, 0.4) is 0 Å². The van der Waals surface area contributed by atoms with Crippen molar-refractivity contribution in [3.63, 3.8) is 0 Å². The van der Waals surface area contributed by atoms with Crippen molar-refractivity contribution in [2.24, 2.45) is 0 Å². The molecule has 1 saturated heterocycles. The van der Waals surface area contributed by atoms with E-state index in [1.807, 2.05) is 11.4 Å². The Bertz CT molecular complexity index is 563. The molecule has 0 aliphatic carbocycles. The zero-order chi connectivity index (χ0) is 13.3. The van der Waals surface area contributed by atoms with Gasteiger partial charge in [-0.1, -0.05) is 5.16 Å². The Balaban J connectivity index is 1.91. The van der Waals surface area contributed by atoms with E-state index >= 15 is 0 Å². The second-order valence-electron chi connectivity index (χ2n) is 4.69. The lowest BCUT2D eigenvalue weighted by molar-refractivity contribution is 0.117. The quantitative estimate of drug-likeness (QED) is 0.923. The van der Waals surface area contributed by atoms with Crippen LogP contribution in [0.15, 0.2) is 20.4 Å². The van der Waals surface area contributed by atoms with E-state index in [0.29, 0.717) is 18.3 Å². The van der Waals surface area contributed by atoms with Crippen LogP contribution in [0, 0.1) is 0 Å². The first-order valence-corrected chi connectivity index (χ1v) is 7.69.